The highest BCUT2D eigenvalue weighted by molar-refractivity contribution is 5.97. The molecule has 0 aromatic heterocycles. The van der Waals surface area contributed by atoms with Crippen LogP contribution in [0, 0.1) is 0 Å². The quantitative estimate of drug-likeness (QED) is 0.156. The van der Waals surface area contributed by atoms with Gasteiger partial charge < -0.3 is 16.0 Å². The third kappa shape index (κ3) is 16.7. The molecule has 5 nitrogen and oxygen atoms in total. The first-order valence-corrected chi connectivity index (χ1v) is 14.1. The third-order valence-electron chi connectivity index (χ3n) is 6.22. The Bertz CT molecular complexity index is 648. The summed E-state index contributed by atoms with van der Waals surface area (Å²) in [6.07, 6.45) is 20.9. The van der Waals surface area contributed by atoms with Crippen LogP contribution < -0.4 is 16.0 Å². The Morgan fingerprint density at radius 1 is 0.676 bits per heavy atom. The largest absolute Gasteiger partial charge is 0.352 e. The van der Waals surface area contributed by atoms with Gasteiger partial charge in [-0.15, -0.1) is 0 Å². The first kappa shape index (κ1) is 30.2. The second-order valence-corrected chi connectivity index (χ2v) is 9.51. The number of unbranched alkanes of at least 4 members (excludes halogenated alkanes) is 14. The average Bonchev–Trinajstić information content (AvgIpc) is 2.84. The van der Waals surface area contributed by atoms with E-state index in [1.54, 1.807) is 18.2 Å². The van der Waals surface area contributed by atoms with Crippen LogP contribution in [0.2, 0.25) is 0 Å². The number of anilines is 1. The van der Waals surface area contributed by atoms with Crippen molar-refractivity contribution in [2.45, 2.75) is 117 Å². The number of nitrogens with one attached hydrogen (secondary N) is 3. The first-order valence-electron chi connectivity index (χ1n) is 14.1. The summed E-state index contributed by atoms with van der Waals surface area (Å²) in [4.78, 5) is 24.3. The minimum atomic E-state index is -0.0968. The van der Waals surface area contributed by atoms with Crippen molar-refractivity contribution in [1.82, 2.24) is 10.6 Å². The molecule has 0 aliphatic rings. The summed E-state index contributed by atoms with van der Waals surface area (Å²) in [6, 6.07) is 7.11. The Hall–Kier alpha value is -1.88. The number of carbonyl (C=O) groups excluding carboxylic acids is 2. The van der Waals surface area contributed by atoms with Crippen molar-refractivity contribution >= 4 is 17.5 Å². The van der Waals surface area contributed by atoms with Crippen molar-refractivity contribution in [2.75, 3.05) is 25.0 Å². The van der Waals surface area contributed by atoms with Gasteiger partial charge in [0.15, 0.2) is 0 Å². The molecule has 0 spiro atoms. The lowest BCUT2D eigenvalue weighted by molar-refractivity contribution is -0.115. The zero-order valence-electron chi connectivity index (χ0n) is 22.1. The summed E-state index contributed by atoms with van der Waals surface area (Å²) in [6.45, 7) is 6.21. The standard InChI is InChI=1S/C29H51N3O2/c1-3-5-7-8-9-10-11-12-13-14-15-16-17-18-22-30-25-28(33)32-27-21-19-20-26(24-27)29(34)31-23-6-4-2/h19-21,24,30H,3-18,22-23,25H2,1-2H3,(H,31,34)(H,32,33). The van der Waals surface area contributed by atoms with Gasteiger partial charge in [-0.25, -0.2) is 0 Å². The van der Waals surface area contributed by atoms with E-state index in [0.29, 0.717) is 24.3 Å². The molecular formula is C29H51N3O2. The van der Waals surface area contributed by atoms with E-state index in [1.807, 2.05) is 6.07 Å². The van der Waals surface area contributed by atoms with Gasteiger partial charge in [-0.2, -0.15) is 0 Å². The van der Waals surface area contributed by atoms with Crippen molar-refractivity contribution in [2.24, 2.45) is 0 Å². The minimum Gasteiger partial charge on any atom is -0.352 e. The minimum absolute atomic E-state index is 0.0751. The monoisotopic (exact) mass is 473 g/mol. The Morgan fingerprint density at radius 2 is 1.24 bits per heavy atom. The SMILES string of the molecule is CCCCCCCCCCCCCCCCNCC(=O)Nc1cccc(C(=O)NCCCC)c1. The maximum atomic E-state index is 12.2. The van der Waals surface area contributed by atoms with Crippen LogP contribution in [0.25, 0.3) is 0 Å². The smallest absolute Gasteiger partial charge is 0.251 e. The lowest BCUT2D eigenvalue weighted by atomic mass is 10.0. The van der Waals surface area contributed by atoms with Gasteiger partial charge in [0.25, 0.3) is 5.91 Å². The third-order valence-corrected chi connectivity index (χ3v) is 6.22. The fraction of sp³-hybridized carbons (Fsp3) is 0.724. The van der Waals surface area contributed by atoms with E-state index in [-0.39, 0.29) is 11.8 Å². The fourth-order valence-electron chi connectivity index (χ4n) is 4.07. The summed E-state index contributed by atoms with van der Waals surface area (Å²) in [5.74, 6) is -0.172. The highest BCUT2D eigenvalue weighted by Gasteiger charge is 2.07. The van der Waals surface area contributed by atoms with Crippen molar-refractivity contribution in [1.29, 1.82) is 0 Å². The number of benzene rings is 1. The molecule has 1 rings (SSSR count). The molecule has 0 unspecified atom stereocenters. The average molecular weight is 474 g/mol. The molecule has 0 aliphatic heterocycles. The van der Waals surface area contributed by atoms with Crippen molar-refractivity contribution in [3.63, 3.8) is 0 Å². The van der Waals surface area contributed by atoms with Crippen LogP contribution >= 0.6 is 0 Å². The van der Waals surface area contributed by atoms with Gasteiger partial charge in [0.05, 0.1) is 6.54 Å². The molecule has 0 saturated heterocycles. The molecule has 0 fully saturated rings. The number of hydrogen-bond donors (Lipinski definition) is 3. The van der Waals surface area contributed by atoms with Gasteiger partial charge in [0, 0.05) is 17.8 Å². The van der Waals surface area contributed by atoms with Crippen molar-refractivity contribution in [3.8, 4) is 0 Å². The predicted octanol–water partition coefficient (Wildman–Crippen LogP) is 7.23. The molecule has 0 radical (unpaired) electrons. The van der Waals surface area contributed by atoms with Gasteiger partial charge in [-0.05, 0) is 37.6 Å². The summed E-state index contributed by atoms with van der Waals surface area (Å²) < 4.78 is 0. The number of amides is 2. The van der Waals surface area contributed by atoms with E-state index in [4.69, 9.17) is 0 Å². The first-order chi connectivity index (χ1) is 16.7. The fourth-order valence-corrected chi connectivity index (χ4v) is 4.07. The van der Waals surface area contributed by atoms with Crippen LogP contribution in [0.3, 0.4) is 0 Å². The molecule has 0 atom stereocenters. The predicted molar refractivity (Wildman–Crippen MR) is 145 cm³/mol. The summed E-state index contributed by atoms with van der Waals surface area (Å²) in [5, 5.41) is 9.01. The van der Waals surface area contributed by atoms with Crippen LogP contribution in [0.5, 0.6) is 0 Å². The summed E-state index contributed by atoms with van der Waals surface area (Å²) in [7, 11) is 0. The van der Waals surface area contributed by atoms with Crippen LogP contribution in [0.15, 0.2) is 24.3 Å². The molecule has 0 heterocycles. The van der Waals surface area contributed by atoms with Crippen molar-refractivity contribution < 1.29 is 9.59 Å². The van der Waals surface area contributed by atoms with E-state index >= 15 is 0 Å². The summed E-state index contributed by atoms with van der Waals surface area (Å²) in [5.41, 5.74) is 1.23. The molecule has 1 aromatic rings. The van der Waals surface area contributed by atoms with Gasteiger partial charge in [0.2, 0.25) is 5.91 Å². The summed E-state index contributed by atoms with van der Waals surface area (Å²) >= 11 is 0. The Morgan fingerprint density at radius 3 is 1.82 bits per heavy atom. The van der Waals surface area contributed by atoms with Crippen LogP contribution in [-0.4, -0.2) is 31.4 Å². The zero-order valence-corrected chi connectivity index (χ0v) is 22.1. The maximum Gasteiger partial charge on any atom is 0.251 e. The van der Waals surface area contributed by atoms with E-state index < -0.39 is 0 Å². The van der Waals surface area contributed by atoms with Crippen LogP contribution in [0.4, 0.5) is 5.69 Å². The molecule has 3 N–H and O–H groups in total. The molecule has 194 valence electrons. The topological polar surface area (TPSA) is 70.2 Å². The molecule has 34 heavy (non-hydrogen) atoms. The van der Waals surface area contributed by atoms with Gasteiger partial charge in [0.1, 0.15) is 0 Å². The Labute approximate surface area is 209 Å². The normalized spacial score (nSPS) is 10.9. The van der Waals surface area contributed by atoms with Crippen LogP contribution in [0.1, 0.15) is 127 Å². The highest BCUT2D eigenvalue weighted by atomic mass is 16.2. The van der Waals surface area contributed by atoms with E-state index in [1.165, 1.54) is 83.5 Å². The van der Waals surface area contributed by atoms with Gasteiger partial charge >= 0.3 is 0 Å². The van der Waals surface area contributed by atoms with E-state index in [0.717, 1.165) is 25.8 Å². The molecular weight excluding hydrogens is 422 g/mol. The highest BCUT2D eigenvalue weighted by Crippen LogP contribution is 2.13. The Balaban J connectivity index is 1.97. The molecule has 0 bridgehead atoms. The molecule has 5 heteroatoms. The molecule has 0 aliphatic carbocycles. The molecule has 2 amide bonds. The number of hydrogen-bond acceptors (Lipinski definition) is 3. The lowest BCUT2D eigenvalue weighted by Crippen LogP contribution is -2.29. The van der Waals surface area contributed by atoms with Gasteiger partial charge in [-0.3, -0.25) is 9.59 Å². The second kappa shape index (κ2) is 21.6. The van der Waals surface area contributed by atoms with Crippen LogP contribution in [-0.2, 0) is 4.79 Å². The Kier molecular flexibility index (Phi) is 19.2. The number of carbonyl (C=O) groups is 2. The maximum absolute atomic E-state index is 12.2. The number of rotatable bonds is 22. The zero-order chi connectivity index (χ0) is 24.7. The van der Waals surface area contributed by atoms with E-state index in [2.05, 4.69) is 29.8 Å². The van der Waals surface area contributed by atoms with Crippen molar-refractivity contribution in [3.05, 3.63) is 29.8 Å². The molecule has 0 saturated carbocycles. The van der Waals surface area contributed by atoms with Gasteiger partial charge in [-0.1, -0.05) is 110 Å². The molecule has 1 aromatic carbocycles. The lowest BCUT2D eigenvalue weighted by Gasteiger charge is -2.09. The second-order valence-electron chi connectivity index (χ2n) is 9.51. The van der Waals surface area contributed by atoms with E-state index in [9.17, 15) is 9.59 Å².